The molecule has 10 atom stereocenters. The van der Waals surface area contributed by atoms with Crippen LogP contribution in [0.5, 0.6) is 0 Å². The summed E-state index contributed by atoms with van der Waals surface area (Å²) in [4.78, 5) is 38.9. The van der Waals surface area contributed by atoms with Gasteiger partial charge in [0.15, 0.2) is 17.0 Å². The summed E-state index contributed by atoms with van der Waals surface area (Å²) >= 11 is 0. The number of rotatable bonds is 4. The van der Waals surface area contributed by atoms with E-state index in [0.29, 0.717) is 17.6 Å². The van der Waals surface area contributed by atoms with Gasteiger partial charge in [-0.2, -0.15) is 0 Å². The van der Waals surface area contributed by atoms with E-state index in [1.807, 2.05) is 33.8 Å². The summed E-state index contributed by atoms with van der Waals surface area (Å²) in [5.74, 6) is -2.33. The fraction of sp³-hybridized carbons (Fsp3) is 0.750. The number of aliphatic hydroxyl groups excluding tert-OH is 1. The monoisotopic (exact) mass is 504 g/mol. The van der Waals surface area contributed by atoms with E-state index < -0.39 is 53.5 Å². The van der Waals surface area contributed by atoms with E-state index in [-0.39, 0.29) is 29.0 Å². The van der Waals surface area contributed by atoms with Crippen LogP contribution in [0, 0.1) is 29.1 Å². The van der Waals surface area contributed by atoms with Crippen LogP contribution in [0.2, 0.25) is 0 Å². The van der Waals surface area contributed by atoms with Crippen molar-refractivity contribution in [1.82, 2.24) is 0 Å². The standard InChI is InChI=1S/C28H40O8/c1-10-13(2)25(32)35-21-14(3)11-28-24(34-17(6)29)15(4)12-27(28,36-28)23(31)16(5)20(30)18-19(22(21)33-9)26(18,7)8/h10-11,15-16,18-22,24,30H,12H2,1-9H3/b13-10-,14-11+/t15-,16+,18-,19+,20-,21+,22-,24-,27-,28-/m0/s1. The molecule has 8 heteroatoms. The minimum absolute atomic E-state index is 0.141. The number of carbonyl (C=O) groups excluding carboxylic acids is 3. The van der Waals surface area contributed by atoms with E-state index in [4.69, 9.17) is 18.9 Å². The van der Waals surface area contributed by atoms with Crippen LogP contribution in [0.1, 0.15) is 61.8 Å². The molecule has 0 amide bonds. The van der Waals surface area contributed by atoms with E-state index in [1.165, 1.54) is 6.92 Å². The topological polar surface area (TPSA) is 112 Å². The molecule has 36 heavy (non-hydrogen) atoms. The normalized spacial score (nSPS) is 46.8. The van der Waals surface area contributed by atoms with Crippen LogP contribution in [-0.2, 0) is 33.3 Å². The van der Waals surface area contributed by atoms with Gasteiger partial charge in [0.2, 0.25) is 0 Å². The number of Topliss-reactive ketones (excluding diaryl/α,β-unsaturated/α-hetero) is 1. The average Bonchev–Trinajstić information content (AvgIpc) is 3.60. The molecule has 3 fully saturated rings. The molecular weight excluding hydrogens is 464 g/mol. The predicted molar refractivity (Wildman–Crippen MR) is 131 cm³/mol. The van der Waals surface area contributed by atoms with Gasteiger partial charge in [0, 0.05) is 31.4 Å². The minimum atomic E-state index is -1.20. The number of allylic oxidation sites excluding steroid dienone is 1. The number of aliphatic hydroxyl groups is 1. The van der Waals surface area contributed by atoms with Crippen molar-refractivity contribution in [3.05, 3.63) is 23.3 Å². The Morgan fingerprint density at radius 3 is 2.36 bits per heavy atom. The molecule has 0 bridgehead atoms. The summed E-state index contributed by atoms with van der Waals surface area (Å²) < 4.78 is 24.0. The zero-order valence-electron chi connectivity index (χ0n) is 22.8. The Morgan fingerprint density at radius 2 is 1.81 bits per heavy atom. The molecule has 0 unspecified atom stereocenters. The number of ether oxygens (including phenoxy) is 4. The van der Waals surface area contributed by atoms with Gasteiger partial charge in [-0.05, 0) is 56.1 Å². The summed E-state index contributed by atoms with van der Waals surface area (Å²) in [5.41, 5.74) is -1.61. The Labute approximate surface area is 213 Å². The highest BCUT2D eigenvalue weighted by Gasteiger charge is 2.83. The van der Waals surface area contributed by atoms with Crippen LogP contribution in [0.4, 0.5) is 0 Å². The van der Waals surface area contributed by atoms with Gasteiger partial charge in [0.25, 0.3) is 0 Å². The van der Waals surface area contributed by atoms with E-state index in [1.54, 1.807) is 34.0 Å². The van der Waals surface area contributed by atoms with Gasteiger partial charge in [-0.3, -0.25) is 9.59 Å². The lowest BCUT2D eigenvalue weighted by molar-refractivity contribution is -0.151. The highest BCUT2D eigenvalue weighted by atomic mass is 16.7. The molecule has 2 saturated carbocycles. The Kier molecular flexibility index (Phi) is 6.59. The zero-order valence-corrected chi connectivity index (χ0v) is 22.8. The second-order valence-electron chi connectivity index (χ2n) is 11.8. The first kappa shape index (κ1) is 27.0. The molecule has 4 rings (SSSR count). The van der Waals surface area contributed by atoms with E-state index in [9.17, 15) is 19.5 Å². The van der Waals surface area contributed by atoms with Crippen molar-refractivity contribution in [2.45, 2.75) is 97.4 Å². The van der Waals surface area contributed by atoms with E-state index in [0.717, 1.165) is 0 Å². The van der Waals surface area contributed by atoms with Crippen LogP contribution in [0.25, 0.3) is 0 Å². The summed E-state index contributed by atoms with van der Waals surface area (Å²) in [6.45, 7) is 14.4. The third-order valence-corrected chi connectivity index (χ3v) is 9.27. The summed E-state index contributed by atoms with van der Waals surface area (Å²) in [5, 5.41) is 11.5. The average molecular weight is 505 g/mol. The summed E-state index contributed by atoms with van der Waals surface area (Å²) in [7, 11) is 1.57. The van der Waals surface area contributed by atoms with Gasteiger partial charge >= 0.3 is 11.9 Å². The third kappa shape index (κ3) is 3.71. The van der Waals surface area contributed by atoms with Crippen molar-refractivity contribution in [1.29, 1.82) is 0 Å². The molecule has 0 radical (unpaired) electrons. The van der Waals surface area contributed by atoms with Crippen molar-refractivity contribution < 1.29 is 38.4 Å². The quantitative estimate of drug-likeness (QED) is 0.269. The third-order valence-electron chi connectivity index (χ3n) is 9.27. The van der Waals surface area contributed by atoms with Crippen molar-refractivity contribution in [3.8, 4) is 0 Å². The van der Waals surface area contributed by atoms with Gasteiger partial charge in [0.1, 0.15) is 18.3 Å². The molecule has 4 aliphatic rings. The molecule has 1 aliphatic heterocycles. The van der Waals surface area contributed by atoms with Crippen molar-refractivity contribution in [2.24, 2.45) is 29.1 Å². The molecule has 8 nitrogen and oxygen atoms in total. The molecule has 1 N–H and O–H groups in total. The van der Waals surface area contributed by atoms with Gasteiger partial charge in [-0.25, -0.2) is 4.79 Å². The highest BCUT2D eigenvalue weighted by molar-refractivity contribution is 5.96. The smallest absolute Gasteiger partial charge is 0.334 e. The molecule has 200 valence electrons. The molecule has 0 aromatic heterocycles. The van der Waals surface area contributed by atoms with Crippen molar-refractivity contribution in [3.63, 3.8) is 0 Å². The zero-order chi connectivity index (χ0) is 27.0. The lowest BCUT2D eigenvalue weighted by Gasteiger charge is -2.30. The maximum absolute atomic E-state index is 13.9. The van der Waals surface area contributed by atoms with Crippen molar-refractivity contribution >= 4 is 17.7 Å². The number of hydrogen-bond donors (Lipinski definition) is 1. The predicted octanol–water partition coefficient (Wildman–Crippen LogP) is 3.16. The van der Waals surface area contributed by atoms with E-state index in [2.05, 4.69) is 0 Å². The number of methoxy groups -OCH3 is 1. The van der Waals surface area contributed by atoms with Crippen LogP contribution in [0.15, 0.2) is 23.3 Å². The molecular formula is C28H40O8. The second-order valence-corrected chi connectivity index (χ2v) is 11.8. The van der Waals surface area contributed by atoms with E-state index >= 15 is 0 Å². The van der Waals surface area contributed by atoms with Crippen LogP contribution in [0.3, 0.4) is 0 Å². The SMILES string of the molecule is C/C=C(/C)C(=O)O[C@@H]1/C(C)=C/[C@@]23O[C@@]2(C[C@H](C)[C@@H]3OC(C)=O)C(=O)[C@H](C)[C@H](O)[C@@H]2[C@H]([C@@H]1OC)C2(C)C. The molecule has 1 saturated heterocycles. The molecule has 0 aromatic carbocycles. The Bertz CT molecular complexity index is 1030. The number of esters is 2. The number of fused-ring (bicyclic) bond motifs is 1. The van der Waals surface area contributed by atoms with Crippen LogP contribution >= 0.6 is 0 Å². The van der Waals surface area contributed by atoms with Crippen LogP contribution in [-0.4, -0.2) is 65.6 Å². The van der Waals surface area contributed by atoms with Gasteiger partial charge in [-0.15, -0.1) is 0 Å². The fourth-order valence-electron chi connectivity index (χ4n) is 7.15. The van der Waals surface area contributed by atoms with Gasteiger partial charge in [0.05, 0.1) is 6.10 Å². The first-order valence-corrected chi connectivity index (χ1v) is 12.9. The largest absolute Gasteiger partial charge is 0.459 e. The fourth-order valence-corrected chi connectivity index (χ4v) is 7.15. The molecule has 0 aromatic rings. The Balaban J connectivity index is 1.88. The lowest BCUT2D eigenvalue weighted by Crippen LogP contribution is -2.42. The number of ketones is 1. The molecule has 0 spiro atoms. The summed E-state index contributed by atoms with van der Waals surface area (Å²) in [6.07, 6.45) is 0.920. The first-order chi connectivity index (χ1) is 16.7. The Hall–Kier alpha value is -2.03. The first-order valence-electron chi connectivity index (χ1n) is 12.9. The molecule has 3 aliphatic carbocycles. The van der Waals surface area contributed by atoms with Gasteiger partial charge in [-0.1, -0.05) is 33.8 Å². The number of carbonyl (C=O) groups is 3. The second kappa shape index (κ2) is 8.77. The maximum Gasteiger partial charge on any atom is 0.334 e. The van der Waals surface area contributed by atoms with Crippen molar-refractivity contribution in [2.75, 3.05) is 7.11 Å². The van der Waals surface area contributed by atoms with Crippen LogP contribution < -0.4 is 0 Å². The summed E-state index contributed by atoms with van der Waals surface area (Å²) in [6, 6.07) is 0. The van der Waals surface area contributed by atoms with Gasteiger partial charge < -0.3 is 24.1 Å². The molecule has 1 heterocycles. The maximum atomic E-state index is 13.9. The minimum Gasteiger partial charge on any atom is -0.459 e. The number of hydrogen-bond acceptors (Lipinski definition) is 8. The highest BCUT2D eigenvalue weighted by Crippen LogP contribution is 2.68. The lowest BCUT2D eigenvalue weighted by atomic mass is 9.80. The Morgan fingerprint density at radius 1 is 1.17 bits per heavy atom. The number of epoxide rings is 1.